The maximum Gasteiger partial charge on any atom is 0.343 e. The van der Waals surface area contributed by atoms with E-state index in [2.05, 4.69) is 10.2 Å². The Kier molecular flexibility index (Phi) is 8.11. The Morgan fingerprint density at radius 1 is 1.12 bits per heavy atom. The number of benzene rings is 2. The molecular formula is C18H20ClN4O3-. The molecule has 2 aromatic carbocycles. The molecule has 138 valence electrons. The second-order valence-corrected chi connectivity index (χ2v) is 5.16. The number of hydrogen-bond donors (Lipinski definition) is 2. The predicted octanol–water partition coefficient (Wildman–Crippen LogP) is -0.776. The first kappa shape index (κ1) is 21.0. The van der Waals surface area contributed by atoms with Gasteiger partial charge in [-0.1, -0.05) is 17.7 Å². The van der Waals surface area contributed by atoms with E-state index in [0.29, 0.717) is 29.2 Å². The molecule has 0 aliphatic rings. The smallest absolute Gasteiger partial charge is 0.343 e. The standard InChI is InChI=1S/C18H20N4O3.ClH/c1-3-24-16-10-13(11-21-22-18(19)20)6-9-15(16)25-17(23)14-7-4-12(2)5-8-14;/h4-11H,3H2,1-2H3,(H4,19,20,22);1H/p-1/b21-11+;. The molecule has 7 nitrogen and oxygen atoms in total. The van der Waals surface area contributed by atoms with Gasteiger partial charge in [-0.05, 0) is 49.7 Å². The van der Waals surface area contributed by atoms with E-state index in [-0.39, 0.29) is 18.4 Å². The molecule has 0 atom stereocenters. The molecule has 8 heteroatoms. The van der Waals surface area contributed by atoms with Gasteiger partial charge in [-0.15, -0.1) is 5.10 Å². The van der Waals surface area contributed by atoms with Gasteiger partial charge in [0.25, 0.3) is 0 Å². The quantitative estimate of drug-likeness (QED) is 0.226. The van der Waals surface area contributed by atoms with Crippen molar-refractivity contribution < 1.29 is 26.7 Å². The van der Waals surface area contributed by atoms with Gasteiger partial charge in [-0.25, -0.2) is 4.79 Å². The second kappa shape index (κ2) is 10.0. The fourth-order valence-corrected chi connectivity index (χ4v) is 1.97. The number of carbonyl (C=O) groups excluding carboxylic acids is 1. The summed E-state index contributed by atoms with van der Waals surface area (Å²) in [7, 11) is 0. The highest BCUT2D eigenvalue weighted by Gasteiger charge is 2.13. The molecule has 4 N–H and O–H groups in total. The van der Waals surface area contributed by atoms with Crippen molar-refractivity contribution in [1.29, 1.82) is 0 Å². The van der Waals surface area contributed by atoms with Crippen LogP contribution in [0.3, 0.4) is 0 Å². The molecule has 0 aliphatic carbocycles. The Morgan fingerprint density at radius 2 is 1.81 bits per heavy atom. The third kappa shape index (κ3) is 6.10. The fraction of sp³-hybridized carbons (Fsp3) is 0.167. The molecular weight excluding hydrogens is 356 g/mol. The highest BCUT2D eigenvalue weighted by atomic mass is 35.5. The van der Waals surface area contributed by atoms with Crippen LogP contribution < -0.4 is 33.3 Å². The van der Waals surface area contributed by atoms with Gasteiger partial charge in [0.15, 0.2) is 11.5 Å². The molecule has 0 spiro atoms. The topological polar surface area (TPSA) is 112 Å². The zero-order valence-electron chi connectivity index (χ0n) is 14.5. The number of nitrogens with zero attached hydrogens (tertiary/aromatic N) is 2. The van der Waals surface area contributed by atoms with Crippen molar-refractivity contribution in [2.75, 3.05) is 6.61 Å². The minimum atomic E-state index is -0.456. The summed E-state index contributed by atoms with van der Waals surface area (Å²) in [5.74, 6) is 0.163. The van der Waals surface area contributed by atoms with Crippen molar-refractivity contribution in [1.82, 2.24) is 0 Å². The summed E-state index contributed by atoms with van der Waals surface area (Å²) in [6, 6.07) is 12.2. The highest BCUT2D eigenvalue weighted by Crippen LogP contribution is 2.29. The number of halogens is 1. The first-order valence-electron chi connectivity index (χ1n) is 7.67. The number of hydrogen-bond acceptors (Lipinski definition) is 5. The normalized spacial score (nSPS) is 10.1. The van der Waals surface area contributed by atoms with Crippen LogP contribution >= 0.6 is 0 Å². The van der Waals surface area contributed by atoms with Gasteiger partial charge in [-0.3, -0.25) is 0 Å². The summed E-state index contributed by atoms with van der Waals surface area (Å²) in [6.45, 7) is 4.21. The lowest BCUT2D eigenvalue weighted by atomic mass is 10.1. The van der Waals surface area contributed by atoms with Crippen LogP contribution in [-0.4, -0.2) is 24.8 Å². The molecule has 2 rings (SSSR count). The molecule has 0 radical (unpaired) electrons. The number of esters is 1. The van der Waals surface area contributed by atoms with Crippen molar-refractivity contribution >= 4 is 18.1 Å². The van der Waals surface area contributed by atoms with E-state index >= 15 is 0 Å². The molecule has 26 heavy (non-hydrogen) atoms. The average molecular weight is 376 g/mol. The maximum atomic E-state index is 12.3. The SMILES string of the molecule is CCOc1cc(/C=N/N=C(N)N)ccc1OC(=O)c1ccc(C)cc1.[Cl-]. The van der Waals surface area contributed by atoms with Crippen molar-refractivity contribution in [3.05, 3.63) is 59.2 Å². The number of carbonyl (C=O) groups is 1. The van der Waals surface area contributed by atoms with E-state index in [1.807, 2.05) is 26.0 Å². The molecule has 0 aromatic heterocycles. The van der Waals surface area contributed by atoms with Crippen LogP contribution in [0.4, 0.5) is 0 Å². The zero-order chi connectivity index (χ0) is 18.2. The van der Waals surface area contributed by atoms with Gasteiger partial charge in [0.05, 0.1) is 18.4 Å². The Morgan fingerprint density at radius 3 is 2.42 bits per heavy atom. The van der Waals surface area contributed by atoms with Crippen LogP contribution in [0.25, 0.3) is 0 Å². The van der Waals surface area contributed by atoms with E-state index in [0.717, 1.165) is 5.56 Å². The first-order valence-corrected chi connectivity index (χ1v) is 7.67. The summed E-state index contributed by atoms with van der Waals surface area (Å²) in [6.07, 6.45) is 1.47. The zero-order valence-corrected chi connectivity index (χ0v) is 15.2. The molecule has 2 aromatic rings. The lowest BCUT2D eigenvalue weighted by Gasteiger charge is -2.11. The Labute approximate surface area is 158 Å². The Balaban J connectivity index is 0.00000338. The van der Waals surface area contributed by atoms with Crippen LogP contribution in [0.1, 0.15) is 28.4 Å². The predicted molar refractivity (Wildman–Crippen MR) is 97.2 cm³/mol. The molecule has 0 amide bonds. The Hall–Kier alpha value is -3.06. The number of rotatable bonds is 6. The summed E-state index contributed by atoms with van der Waals surface area (Å²) in [5.41, 5.74) is 12.6. The van der Waals surface area contributed by atoms with E-state index in [4.69, 9.17) is 20.9 Å². The highest BCUT2D eigenvalue weighted by molar-refractivity contribution is 5.91. The summed E-state index contributed by atoms with van der Waals surface area (Å²) < 4.78 is 11.0. The van der Waals surface area contributed by atoms with Gasteiger partial charge >= 0.3 is 5.97 Å². The summed E-state index contributed by atoms with van der Waals surface area (Å²) >= 11 is 0. The molecule has 0 saturated carbocycles. The van der Waals surface area contributed by atoms with E-state index in [1.54, 1.807) is 30.3 Å². The van der Waals surface area contributed by atoms with E-state index < -0.39 is 5.97 Å². The number of aryl methyl sites for hydroxylation is 1. The third-order valence-corrected chi connectivity index (χ3v) is 3.14. The minimum Gasteiger partial charge on any atom is -1.00 e. The molecule has 0 unspecified atom stereocenters. The summed E-state index contributed by atoms with van der Waals surface area (Å²) in [5, 5.41) is 7.27. The maximum absolute atomic E-state index is 12.3. The number of ether oxygens (including phenoxy) is 2. The molecule has 0 bridgehead atoms. The van der Waals surface area contributed by atoms with E-state index in [1.165, 1.54) is 6.21 Å². The number of nitrogens with two attached hydrogens (primary N) is 2. The van der Waals surface area contributed by atoms with Gasteiger partial charge < -0.3 is 33.3 Å². The van der Waals surface area contributed by atoms with E-state index in [9.17, 15) is 4.79 Å². The fourth-order valence-electron chi connectivity index (χ4n) is 1.97. The largest absolute Gasteiger partial charge is 1.00 e. The van der Waals surface area contributed by atoms with Gasteiger partial charge in [0, 0.05) is 0 Å². The lowest BCUT2D eigenvalue weighted by molar-refractivity contribution is -0.0000184. The lowest BCUT2D eigenvalue weighted by Crippen LogP contribution is -3.00. The van der Waals surface area contributed by atoms with Gasteiger partial charge in [0.1, 0.15) is 0 Å². The van der Waals surface area contributed by atoms with Crippen molar-refractivity contribution in [2.45, 2.75) is 13.8 Å². The minimum absolute atomic E-state index is 0. The molecule has 0 fully saturated rings. The van der Waals surface area contributed by atoms with Crippen molar-refractivity contribution in [3.63, 3.8) is 0 Å². The van der Waals surface area contributed by atoms with Crippen LogP contribution in [0, 0.1) is 6.92 Å². The third-order valence-electron chi connectivity index (χ3n) is 3.14. The van der Waals surface area contributed by atoms with Crippen LogP contribution in [0.15, 0.2) is 52.7 Å². The van der Waals surface area contributed by atoms with Gasteiger partial charge in [-0.2, -0.15) is 5.10 Å². The molecule has 0 heterocycles. The summed E-state index contributed by atoms with van der Waals surface area (Å²) in [4.78, 5) is 12.3. The first-order chi connectivity index (χ1) is 12.0. The van der Waals surface area contributed by atoms with Crippen LogP contribution in [-0.2, 0) is 0 Å². The van der Waals surface area contributed by atoms with Crippen LogP contribution in [0.2, 0.25) is 0 Å². The average Bonchev–Trinajstić information content (AvgIpc) is 2.57. The second-order valence-electron chi connectivity index (χ2n) is 5.16. The van der Waals surface area contributed by atoms with Crippen LogP contribution in [0.5, 0.6) is 11.5 Å². The molecule has 0 aliphatic heterocycles. The van der Waals surface area contributed by atoms with Gasteiger partial charge in [0.2, 0.25) is 5.96 Å². The number of guanidine groups is 1. The van der Waals surface area contributed by atoms with Crippen molar-refractivity contribution in [3.8, 4) is 11.5 Å². The van der Waals surface area contributed by atoms with Crippen molar-refractivity contribution in [2.24, 2.45) is 21.7 Å². The Bertz CT molecular complexity index is 801. The molecule has 0 saturated heterocycles. The monoisotopic (exact) mass is 375 g/mol.